The number of halogens is 4. The summed E-state index contributed by atoms with van der Waals surface area (Å²) in [4.78, 5) is 23.6. The number of hydrogen-bond acceptors (Lipinski definition) is 4. The molecule has 3 rings (SSSR count). The van der Waals surface area contributed by atoms with E-state index in [1.807, 2.05) is 0 Å². The van der Waals surface area contributed by atoms with E-state index in [1.165, 1.54) is 24.3 Å². The number of nitrogens with one attached hydrogen (secondary N) is 1. The normalized spacial score (nSPS) is 11.4. The molecule has 0 aliphatic heterocycles. The van der Waals surface area contributed by atoms with Crippen LogP contribution in [0.25, 0.3) is 0 Å². The number of unbranched alkanes of at least 4 members (excludes halogenated alkanes) is 4. The van der Waals surface area contributed by atoms with Crippen LogP contribution in [0.3, 0.4) is 0 Å². The summed E-state index contributed by atoms with van der Waals surface area (Å²) in [5.41, 5.74) is -0.865. The van der Waals surface area contributed by atoms with E-state index < -0.39 is 34.8 Å². The number of benzene rings is 3. The molecule has 0 aliphatic carbocycles. The van der Waals surface area contributed by atoms with Crippen LogP contribution in [0.1, 0.15) is 72.0 Å². The predicted molar refractivity (Wildman–Crippen MR) is 128 cm³/mol. The van der Waals surface area contributed by atoms with Crippen LogP contribution in [0.4, 0.5) is 17.6 Å². The fraction of sp³-hybridized carbons (Fsp3) is 0.286. The third kappa shape index (κ3) is 7.24. The highest BCUT2D eigenvalue weighted by atomic mass is 19.1. The van der Waals surface area contributed by atoms with Crippen molar-refractivity contribution in [3.63, 3.8) is 0 Å². The summed E-state index contributed by atoms with van der Waals surface area (Å²) in [6.07, 6.45) is 4.16. The van der Waals surface area contributed by atoms with Gasteiger partial charge in [0.1, 0.15) is 28.9 Å². The number of ketones is 1. The maximum Gasteiger partial charge on any atom is 0.243 e. The molecule has 0 unspecified atom stereocenters. The van der Waals surface area contributed by atoms with Gasteiger partial charge in [-0.15, -0.1) is 0 Å². The van der Waals surface area contributed by atoms with Crippen LogP contribution in [0.15, 0.2) is 60.7 Å². The number of hydrogen-bond donors (Lipinski definition) is 3. The minimum atomic E-state index is -2.31. The Labute approximate surface area is 211 Å². The Balaban J connectivity index is 1.76. The Kier molecular flexibility index (Phi) is 9.54. The van der Waals surface area contributed by atoms with Crippen LogP contribution in [0.5, 0.6) is 0 Å². The molecule has 3 N–H and O–H groups in total. The third-order valence-corrected chi connectivity index (χ3v) is 6.12. The van der Waals surface area contributed by atoms with Gasteiger partial charge in [-0.2, -0.15) is 0 Å². The Morgan fingerprint density at radius 3 is 1.54 bits per heavy atom. The van der Waals surface area contributed by atoms with Gasteiger partial charge in [0.05, 0.1) is 0 Å². The number of hydroxylamine groups is 1. The summed E-state index contributed by atoms with van der Waals surface area (Å²) in [6, 6.07) is 10.4. The van der Waals surface area contributed by atoms with Gasteiger partial charge in [0, 0.05) is 30.5 Å². The first-order valence-electron chi connectivity index (χ1n) is 11.9. The lowest BCUT2D eigenvalue weighted by atomic mass is 9.80. The molecule has 37 heavy (non-hydrogen) atoms. The van der Waals surface area contributed by atoms with E-state index in [4.69, 9.17) is 5.21 Å². The highest BCUT2D eigenvalue weighted by molar-refractivity contribution is 5.96. The lowest BCUT2D eigenvalue weighted by Crippen LogP contribution is -2.29. The lowest BCUT2D eigenvalue weighted by molar-refractivity contribution is -0.129. The van der Waals surface area contributed by atoms with Gasteiger partial charge in [-0.3, -0.25) is 14.8 Å². The minimum absolute atomic E-state index is 0.0611. The molecule has 0 bridgehead atoms. The Hall–Kier alpha value is -3.56. The van der Waals surface area contributed by atoms with Crippen molar-refractivity contribution in [1.82, 2.24) is 5.48 Å². The molecule has 5 nitrogen and oxygen atoms in total. The lowest BCUT2D eigenvalue weighted by Gasteiger charge is -2.30. The standard InChI is InChI=1S/C28H27F4NO4/c29-22-12-20(13-23(30)16-22)28(36,21-14-24(31)17-25(32)15-21)19-10-8-18(9-11-19)26(34)6-4-2-1-3-5-7-27(35)33-37/h8-17,36-37H,1-7H2,(H,33,35). The smallest absolute Gasteiger partial charge is 0.243 e. The van der Waals surface area contributed by atoms with Gasteiger partial charge in [-0.05, 0) is 53.8 Å². The van der Waals surface area contributed by atoms with Gasteiger partial charge in [0.25, 0.3) is 0 Å². The van der Waals surface area contributed by atoms with Crippen molar-refractivity contribution in [2.75, 3.05) is 0 Å². The van der Waals surface area contributed by atoms with Crippen LogP contribution in [-0.4, -0.2) is 22.0 Å². The van der Waals surface area contributed by atoms with E-state index in [9.17, 15) is 32.3 Å². The first-order valence-corrected chi connectivity index (χ1v) is 11.9. The van der Waals surface area contributed by atoms with Crippen LogP contribution in [0, 0.1) is 23.3 Å². The SMILES string of the molecule is O=C(CCCCCCCC(=O)c1ccc(C(O)(c2cc(F)cc(F)c2)c2cc(F)cc(F)c2)cc1)NO. The fourth-order valence-electron chi connectivity index (χ4n) is 4.22. The zero-order valence-corrected chi connectivity index (χ0v) is 19.9. The van der Waals surface area contributed by atoms with Gasteiger partial charge >= 0.3 is 0 Å². The monoisotopic (exact) mass is 517 g/mol. The van der Waals surface area contributed by atoms with E-state index in [-0.39, 0.29) is 35.3 Å². The molecule has 0 saturated carbocycles. The van der Waals surface area contributed by atoms with Gasteiger partial charge < -0.3 is 5.11 Å². The van der Waals surface area contributed by atoms with Crippen molar-refractivity contribution in [2.24, 2.45) is 0 Å². The predicted octanol–water partition coefficient (Wildman–Crippen LogP) is 5.95. The van der Waals surface area contributed by atoms with Crippen molar-refractivity contribution in [1.29, 1.82) is 0 Å². The molecular formula is C28H27F4NO4. The van der Waals surface area contributed by atoms with E-state index >= 15 is 0 Å². The molecule has 0 saturated heterocycles. The van der Waals surface area contributed by atoms with Crippen molar-refractivity contribution in [2.45, 2.75) is 50.5 Å². The zero-order valence-electron chi connectivity index (χ0n) is 19.9. The second-order valence-corrected chi connectivity index (χ2v) is 8.83. The molecule has 1 amide bonds. The molecular weight excluding hydrogens is 490 g/mol. The largest absolute Gasteiger partial charge is 0.376 e. The quantitative estimate of drug-likeness (QED) is 0.0693. The topological polar surface area (TPSA) is 86.6 Å². The molecule has 0 aromatic heterocycles. The summed E-state index contributed by atoms with van der Waals surface area (Å²) < 4.78 is 56.1. The maximum absolute atomic E-state index is 14.0. The van der Waals surface area contributed by atoms with Crippen LogP contribution in [0.2, 0.25) is 0 Å². The summed E-state index contributed by atoms with van der Waals surface area (Å²) in [5.74, 6) is -4.50. The second-order valence-electron chi connectivity index (χ2n) is 8.83. The molecule has 0 heterocycles. The summed E-state index contributed by atoms with van der Waals surface area (Å²) in [6.45, 7) is 0. The van der Waals surface area contributed by atoms with Gasteiger partial charge in [-0.1, -0.05) is 43.5 Å². The fourth-order valence-corrected chi connectivity index (χ4v) is 4.22. The van der Waals surface area contributed by atoms with E-state index in [2.05, 4.69) is 0 Å². The highest BCUT2D eigenvalue weighted by Crippen LogP contribution is 2.38. The molecule has 3 aromatic rings. The molecule has 0 fully saturated rings. The number of rotatable bonds is 12. The maximum atomic E-state index is 14.0. The molecule has 0 aliphatic rings. The Bertz CT molecular complexity index is 1160. The Morgan fingerprint density at radius 2 is 1.08 bits per heavy atom. The summed E-state index contributed by atoms with van der Waals surface area (Å²) >= 11 is 0. The van der Waals surface area contributed by atoms with Crippen molar-refractivity contribution < 1.29 is 37.5 Å². The number of Topliss-reactive ketones (excluding diaryl/α,β-unsaturated/α-hetero) is 1. The van der Waals surface area contributed by atoms with Gasteiger partial charge in [0.15, 0.2) is 5.78 Å². The number of carbonyl (C=O) groups is 2. The second kappa shape index (κ2) is 12.6. The van der Waals surface area contributed by atoms with Crippen molar-refractivity contribution in [3.05, 3.63) is 106 Å². The molecule has 9 heteroatoms. The summed E-state index contributed by atoms with van der Waals surface area (Å²) in [7, 11) is 0. The zero-order chi connectivity index (χ0) is 27.0. The number of amides is 1. The average Bonchev–Trinajstić information content (AvgIpc) is 2.86. The van der Waals surface area contributed by atoms with Crippen LogP contribution in [-0.2, 0) is 10.4 Å². The Morgan fingerprint density at radius 1 is 0.649 bits per heavy atom. The minimum Gasteiger partial charge on any atom is -0.376 e. The van der Waals surface area contributed by atoms with E-state index in [0.29, 0.717) is 30.5 Å². The molecule has 0 radical (unpaired) electrons. The summed E-state index contributed by atoms with van der Waals surface area (Å²) in [5, 5.41) is 20.1. The number of carbonyl (C=O) groups excluding carboxylic acids is 2. The van der Waals surface area contributed by atoms with Crippen molar-refractivity contribution in [3.8, 4) is 0 Å². The van der Waals surface area contributed by atoms with Crippen LogP contribution < -0.4 is 5.48 Å². The molecule has 3 aromatic carbocycles. The van der Waals surface area contributed by atoms with E-state index in [1.54, 1.807) is 5.48 Å². The molecule has 196 valence electrons. The molecule has 0 spiro atoms. The number of aliphatic hydroxyl groups is 1. The first-order chi connectivity index (χ1) is 17.6. The van der Waals surface area contributed by atoms with Crippen molar-refractivity contribution >= 4 is 11.7 Å². The average molecular weight is 518 g/mol. The van der Waals surface area contributed by atoms with Gasteiger partial charge in [0.2, 0.25) is 5.91 Å². The third-order valence-electron chi connectivity index (χ3n) is 6.12. The van der Waals surface area contributed by atoms with E-state index in [0.717, 1.165) is 43.5 Å². The molecule has 0 atom stereocenters. The first kappa shape index (κ1) is 28.0. The van der Waals surface area contributed by atoms with Crippen LogP contribution >= 0.6 is 0 Å². The highest BCUT2D eigenvalue weighted by Gasteiger charge is 2.36. The van der Waals surface area contributed by atoms with Gasteiger partial charge in [-0.25, -0.2) is 23.0 Å².